The van der Waals surface area contributed by atoms with Crippen LogP contribution in [0.25, 0.3) is 5.65 Å². The molecule has 0 spiro atoms. The van der Waals surface area contributed by atoms with Gasteiger partial charge in [-0.05, 0) is 42.8 Å². The van der Waals surface area contributed by atoms with Gasteiger partial charge in [0.1, 0.15) is 29.5 Å². The molecule has 2 aromatic heterocycles. The van der Waals surface area contributed by atoms with E-state index < -0.39 is 0 Å². The van der Waals surface area contributed by atoms with Gasteiger partial charge in [0.05, 0.1) is 31.2 Å². The SMILES string of the molecule is COc1ccc(OC)c(NC(=O)c2ccccc2OCc2cn3cccc(C)c3n2)c1. The molecule has 1 amide bonds. The molecule has 7 nitrogen and oxygen atoms in total. The monoisotopic (exact) mass is 417 g/mol. The molecule has 0 fully saturated rings. The lowest BCUT2D eigenvalue weighted by molar-refractivity contribution is 0.102. The van der Waals surface area contributed by atoms with Crippen LogP contribution in [0.3, 0.4) is 0 Å². The third-order valence-corrected chi connectivity index (χ3v) is 4.89. The van der Waals surface area contributed by atoms with E-state index in [1.54, 1.807) is 50.6 Å². The number of aryl methyl sites for hydroxylation is 1. The average molecular weight is 417 g/mol. The first-order valence-electron chi connectivity index (χ1n) is 9.77. The van der Waals surface area contributed by atoms with Gasteiger partial charge in [0, 0.05) is 18.5 Å². The van der Waals surface area contributed by atoms with Gasteiger partial charge in [-0.15, -0.1) is 0 Å². The minimum atomic E-state index is -0.312. The predicted molar refractivity (Wildman–Crippen MR) is 118 cm³/mol. The Balaban J connectivity index is 1.54. The van der Waals surface area contributed by atoms with Crippen LogP contribution in [-0.2, 0) is 6.61 Å². The second-order valence-electron chi connectivity index (χ2n) is 6.96. The largest absolute Gasteiger partial charge is 0.497 e. The maximum absolute atomic E-state index is 13.0. The van der Waals surface area contributed by atoms with Crippen molar-refractivity contribution in [2.75, 3.05) is 19.5 Å². The predicted octanol–water partition coefficient (Wildman–Crippen LogP) is 4.49. The molecule has 4 aromatic rings. The molecule has 2 aromatic carbocycles. The van der Waals surface area contributed by atoms with Crippen LogP contribution in [0.4, 0.5) is 5.69 Å². The molecule has 2 heterocycles. The lowest BCUT2D eigenvalue weighted by Gasteiger charge is -2.14. The van der Waals surface area contributed by atoms with Crippen molar-refractivity contribution >= 4 is 17.2 Å². The quantitative estimate of drug-likeness (QED) is 0.480. The van der Waals surface area contributed by atoms with E-state index in [-0.39, 0.29) is 12.5 Å². The molecule has 0 bridgehead atoms. The van der Waals surface area contributed by atoms with Crippen LogP contribution in [0.2, 0.25) is 0 Å². The smallest absolute Gasteiger partial charge is 0.259 e. The van der Waals surface area contributed by atoms with E-state index in [0.717, 1.165) is 16.9 Å². The van der Waals surface area contributed by atoms with E-state index in [1.165, 1.54) is 0 Å². The zero-order valence-electron chi connectivity index (χ0n) is 17.6. The number of carbonyl (C=O) groups excluding carboxylic acids is 1. The number of methoxy groups -OCH3 is 2. The molecule has 1 N–H and O–H groups in total. The number of amides is 1. The number of fused-ring (bicyclic) bond motifs is 1. The third kappa shape index (κ3) is 4.30. The van der Waals surface area contributed by atoms with E-state index in [9.17, 15) is 4.79 Å². The topological polar surface area (TPSA) is 74.1 Å². The fourth-order valence-corrected chi connectivity index (χ4v) is 3.31. The maximum Gasteiger partial charge on any atom is 0.259 e. The molecule has 0 aliphatic rings. The summed E-state index contributed by atoms with van der Waals surface area (Å²) < 4.78 is 18.5. The number of benzene rings is 2. The first-order chi connectivity index (χ1) is 15.1. The molecule has 0 saturated heterocycles. The highest BCUT2D eigenvalue weighted by molar-refractivity contribution is 6.07. The Morgan fingerprint density at radius 3 is 2.65 bits per heavy atom. The number of anilines is 1. The molecular formula is C24H23N3O4. The zero-order valence-corrected chi connectivity index (χ0v) is 17.6. The number of pyridine rings is 1. The van der Waals surface area contributed by atoms with Gasteiger partial charge in [0.2, 0.25) is 0 Å². The minimum Gasteiger partial charge on any atom is -0.497 e. The van der Waals surface area contributed by atoms with Crippen molar-refractivity contribution in [3.8, 4) is 17.2 Å². The molecular weight excluding hydrogens is 394 g/mol. The number of ether oxygens (including phenoxy) is 3. The summed E-state index contributed by atoms with van der Waals surface area (Å²) in [5.41, 5.74) is 3.67. The number of hydrogen-bond donors (Lipinski definition) is 1. The molecule has 0 atom stereocenters. The van der Waals surface area contributed by atoms with Crippen molar-refractivity contribution < 1.29 is 19.0 Å². The van der Waals surface area contributed by atoms with Gasteiger partial charge in [-0.25, -0.2) is 4.98 Å². The van der Waals surface area contributed by atoms with E-state index in [1.807, 2.05) is 41.9 Å². The normalized spacial score (nSPS) is 10.7. The number of para-hydroxylation sites is 1. The number of aromatic nitrogens is 2. The van der Waals surface area contributed by atoms with Crippen molar-refractivity contribution in [3.05, 3.63) is 83.8 Å². The Bertz CT molecular complexity index is 1230. The van der Waals surface area contributed by atoms with Crippen LogP contribution in [0.5, 0.6) is 17.2 Å². The van der Waals surface area contributed by atoms with Crippen molar-refractivity contribution in [2.45, 2.75) is 13.5 Å². The van der Waals surface area contributed by atoms with Gasteiger partial charge in [0.25, 0.3) is 5.91 Å². The zero-order chi connectivity index (χ0) is 21.8. The Kier molecular flexibility index (Phi) is 5.75. The number of nitrogens with one attached hydrogen (secondary N) is 1. The Hall–Kier alpha value is -4.00. The van der Waals surface area contributed by atoms with Crippen LogP contribution in [-0.4, -0.2) is 29.5 Å². The van der Waals surface area contributed by atoms with E-state index in [4.69, 9.17) is 14.2 Å². The minimum absolute atomic E-state index is 0.244. The van der Waals surface area contributed by atoms with E-state index in [2.05, 4.69) is 10.3 Å². The summed E-state index contributed by atoms with van der Waals surface area (Å²) in [4.78, 5) is 17.6. The van der Waals surface area contributed by atoms with Crippen LogP contribution < -0.4 is 19.5 Å². The number of imidazole rings is 1. The van der Waals surface area contributed by atoms with Crippen molar-refractivity contribution in [2.24, 2.45) is 0 Å². The highest BCUT2D eigenvalue weighted by Gasteiger charge is 2.16. The summed E-state index contributed by atoms with van der Waals surface area (Å²) in [6.45, 7) is 2.26. The van der Waals surface area contributed by atoms with E-state index in [0.29, 0.717) is 28.5 Å². The molecule has 7 heteroatoms. The Morgan fingerprint density at radius 2 is 1.87 bits per heavy atom. The highest BCUT2D eigenvalue weighted by atomic mass is 16.5. The van der Waals surface area contributed by atoms with Gasteiger partial charge >= 0.3 is 0 Å². The number of nitrogens with zero attached hydrogens (tertiary/aromatic N) is 2. The van der Waals surface area contributed by atoms with E-state index >= 15 is 0 Å². The summed E-state index contributed by atoms with van der Waals surface area (Å²) in [5, 5.41) is 2.88. The summed E-state index contributed by atoms with van der Waals surface area (Å²) in [5.74, 6) is 1.30. The van der Waals surface area contributed by atoms with Crippen LogP contribution in [0.1, 0.15) is 21.6 Å². The Morgan fingerprint density at radius 1 is 1.03 bits per heavy atom. The third-order valence-electron chi connectivity index (χ3n) is 4.89. The van der Waals surface area contributed by atoms with Crippen molar-refractivity contribution in [1.82, 2.24) is 9.38 Å². The summed E-state index contributed by atoms with van der Waals surface area (Å²) in [6.07, 6.45) is 3.87. The number of rotatable bonds is 7. The fraction of sp³-hybridized carbons (Fsp3) is 0.167. The van der Waals surface area contributed by atoms with Crippen LogP contribution in [0, 0.1) is 6.92 Å². The molecule has 0 aliphatic carbocycles. The second-order valence-corrected chi connectivity index (χ2v) is 6.96. The molecule has 0 radical (unpaired) electrons. The fourth-order valence-electron chi connectivity index (χ4n) is 3.31. The van der Waals surface area contributed by atoms with Gasteiger partial charge in [-0.3, -0.25) is 4.79 Å². The molecule has 31 heavy (non-hydrogen) atoms. The highest BCUT2D eigenvalue weighted by Crippen LogP contribution is 2.30. The summed E-state index contributed by atoms with van der Waals surface area (Å²) in [7, 11) is 3.11. The lowest BCUT2D eigenvalue weighted by Crippen LogP contribution is -2.14. The van der Waals surface area contributed by atoms with Gasteiger partial charge < -0.3 is 23.9 Å². The molecule has 0 saturated carbocycles. The molecule has 4 rings (SSSR count). The lowest BCUT2D eigenvalue weighted by atomic mass is 10.1. The second kappa shape index (κ2) is 8.79. The van der Waals surface area contributed by atoms with Gasteiger partial charge in [-0.2, -0.15) is 0 Å². The average Bonchev–Trinajstić information content (AvgIpc) is 3.22. The number of carbonyl (C=O) groups is 1. The molecule has 0 aliphatic heterocycles. The first kappa shape index (κ1) is 20.3. The van der Waals surface area contributed by atoms with Crippen molar-refractivity contribution in [1.29, 1.82) is 0 Å². The molecule has 158 valence electrons. The maximum atomic E-state index is 13.0. The molecule has 0 unspecified atom stereocenters. The van der Waals surface area contributed by atoms with Crippen LogP contribution >= 0.6 is 0 Å². The Labute approximate surface area is 180 Å². The number of hydrogen-bond acceptors (Lipinski definition) is 5. The summed E-state index contributed by atoms with van der Waals surface area (Å²) >= 11 is 0. The summed E-state index contributed by atoms with van der Waals surface area (Å²) in [6, 6.07) is 16.3. The van der Waals surface area contributed by atoms with Crippen LogP contribution in [0.15, 0.2) is 67.0 Å². The van der Waals surface area contributed by atoms with Crippen molar-refractivity contribution in [3.63, 3.8) is 0 Å². The van der Waals surface area contributed by atoms with Gasteiger partial charge in [0.15, 0.2) is 0 Å². The van der Waals surface area contributed by atoms with Gasteiger partial charge in [-0.1, -0.05) is 18.2 Å². The standard InChI is InChI=1S/C24H23N3O4/c1-16-7-6-12-27-14-17(25-23(16)27)15-31-21-9-5-4-8-19(21)24(28)26-20-13-18(29-2)10-11-22(20)30-3/h4-14H,15H2,1-3H3,(H,26,28). The first-order valence-corrected chi connectivity index (χ1v) is 9.77.